The highest BCUT2D eigenvalue weighted by molar-refractivity contribution is 9.10. The number of nitrogens with zero attached hydrogens (tertiary/aromatic N) is 3. The molecule has 0 aliphatic carbocycles. The molecule has 0 spiro atoms. The number of halogens is 1. The molecule has 0 fully saturated rings. The van der Waals surface area contributed by atoms with Gasteiger partial charge in [0.05, 0.1) is 10.6 Å². The topological polar surface area (TPSA) is 61.0 Å². The first-order valence-corrected chi connectivity index (χ1v) is 5.34. The summed E-state index contributed by atoms with van der Waals surface area (Å²) in [5, 5.41) is 14.9. The van der Waals surface area contributed by atoms with Crippen molar-refractivity contribution in [2.24, 2.45) is 0 Å². The van der Waals surface area contributed by atoms with Crippen LogP contribution in [-0.2, 0) is 0 Å². The predicted octanol–water partition coefficient (Wildman–Crippen LogP) is 2.85. The summed E-state index contributed by atoms with van der Waals surface area (Å²) in [7, 11) is 0. The van der Waals surface area contributed by atoms with Crippen molar-refractivity contribution in [3.05, 3.63) is 50.7 Å². The van der Waals surface area contributed by atoms with Crippen LogP contribution in [0.3, 0.4) is 0 Å². The molecule has 16 heavy (non-hydrogen) atoms. The van der Waals surface area contributed by atoms with Crippen LogP contribution in [0.1, 0.15) is 5.56 Å². The van der Waals surface area contributed by atoms with Crippen molar-refractivity contribution in [2.45, 2.75) is 6.92 Å². The molecule has 0 saturated heterocycles. The Hall–Kier alpha value is -1.69. The number of hydrogen-bond acceptors (Lipinski definition) is 3. The standard InChI is InChI=1S/C10H8BrN3O2/c1-7-2-3-8(6-9(7)14(15)16)13-5-4-10(11)12-13/h2-6H,1H3. The average molecular weight is 282 g/mol. The Balaban J connectivity index is 2.51. The zero-order valence-electron chi connectivity index (χ0n) is 8.42. The van der Waals surface area contributed by atoms with Gasteiger partial charge in [0.25, 0.3) is 5.69 Å². The predicted molar refractivity (Wildman–Crippen MR) is 62.7 cm³/mol. The highest BCUT2D eigenvalue weighted by Crippen LogP contribution is 2.21. The van der Waals surface area contributed by atoms with E-state index >= 15 is 0 Å². The van der Waals surface area contributed by atoms with E-state index in [1.165, 1.54) is 6.07 Å². The minimum absolute atomic E-state index is 0.101. The van der Waals surface area contributed by atoms with E-state index in [0.717, 1.165) is 0 Å². The van der Waals surface area contributed by atoms with Gasteiger partial charge in [0.1, 0.15) is 4.60 Å². The summed E-state index contributed by atoms with van der Waals surface area (Å²) in [6, 6.07) is 6.78. The number of benzene rings is 1. The number of rotatable bonds is 2. The largest absolute Gasteiger partial charge is 0.274 e. The summed E-state index contributed by atoms with van der Waals surface area (Å²) < 4.78 is 2.27. The van der Waals surface area contributed by atoms with E-state index < -0.39 is 4.92 Å². The van der Waals surface area contributed by atoms with Crippen LogP contribution < -0.4 is 0 Å². The van der Waals surface area contributed by atoms with Crippen LogP contribution in [0.2, 0.25) is 0 Å². The lowest BCUT2D eigenvalue weighted by Crippen LogP contribution is -1.98. The van der Waals surface area contributed by atoms with E-state index in [1.807, 2.05) is 0 Å². The third-order valence-corrected chi connectivity index (χ3v) is 2.63. The molecule has 1 heterocycles. The van der Waals surface area contributed by atoms with Crippen molar-refractivity contribution >= 4 is 21.6 Å². The van der Waals surface area contributed by atoms with Crippen molar-refractivity contribution in [1.29, 1.82) is 0 Å². The van der Waals surface area contributed by atoms with Crippen molar-refractivity contribution in [3.8, 4) is 5.69 Å². The van der Waals surface area contributed by atoms with Crippen LogP contribution in [0, 0.1) is 17.0 Å². The van der Waals surface area contributed by atoms with E-state index in [9.17, 15) is 10.1 Å². The molecule has 1 aromatic heterocycles. The Bertz CT molecular complexity index is 551. The SMILES string of the molecule is Cc1ccc(-n2ccc(Br)n2)cc1[N+](=O)[O-]. The number of nitro benzene ring substituents is 1. The first kappa shape index (κ1) is 10.8. The molecular weight excluding hydrogens is 274 g/mol. The second kappa shape index (κ2) is 4.05. The van der Waals surface area contributed by atoms with Crippen LogP contribution >= 0.6 is 15.9 Å². The molecule has 0 aliphatic heterocycles. The minimum atomic E-state index is -0.391. The maximum absolute atomic E-state index is 10.8. The average Bonchev–Trinajstić information content (AvgIpc) is 2.65. The lowest BCUT2D eigenvalue weighted by atomic mass is 10.2. The minimum Gasteiger partial charge on any atom is -0.258 e. The molecule has 2 aromatic rings. The fourth-order valence-electron chi connectivity index (χ4n) is 1.38. The molecule has 0 N–H and O–H groups in total. The van der Waals surface area contributed by atoms with Gasteiger partial charge < -0.3 is 0 Å². The second-order valence-electron chi connectivity index (χ2n) is 3.31. The van der Waals surface area contributed by atoms with Gasteiger partial charge in [0.15, 0.2) is 0 Å². The third-order valence-electron chi connectivity index (χ3n) is 2.21. The van der Waals surface area contributed by atoms with Gasteiger partial charge in [-0.3, -0.25) is 10.1 Å². The Morgan fingerprint density at radius 1 is 1.44 bits per heavy atom. The fraction of sp³-hybridized carbons (Fsp3) is 0.100. The smallest absolute Gasteiger partial charge is 0.258 e. The molecule has 0 atom stereocenters. The normalized spacial score (nSPS) is 10.4. The molecule has 82 valence electrons. The lowest BCUT2D eigenvalue weighted by molar-refractivity contribution is -0.385. The van der Waals surface area contributed by atoms with E-state index in [-0.39, 0.29) is 5.69 Å². The summed E-state index contributed by atoms with van der Waals surface area (Å²) in [6.07, 6.45) is 1.73. The van der Waals surface area contributed by atoms with Crippen molar-refractivity contribution in [3.63, 3.8) is 0 Å². The maximum Gasteiger partial charge on any atom is 0.274 e. The van der Waals surface area contributed by atoms with Crippen molar-refractivity contribution in [1.82, 2.24) is 9.78 Å². The molecule has 6 heteroatoms. The van der Waals surface area contributed by atoms with Crippen LogP contribution in [0.25, 0.3) is 5.69 Å². The number of aromatic nitrogens is 2. The van der Waals surface area contributed by atoms with Gasteiger partial charge in [-0.2, -0.15) is 5.10 Å². The van der Waals surface area contributed by atoms with Crippen LogP contribution in [-0.4, -0.2) is 14.7 Å². The molecule has 5 nitrogen and oxygen atoms in total. The first-order chi connectivity index (χ1) is 7.58. The van der Waals surface area contributed by atoms with E-state index in [1.54, 1.807) is 36.0 Å². The molecular formula is C10H8BrN3O2. The monoisotopic (exact) mass is 281 g/mol. The highest BCUT2D eigenvalue weighted by atomic mass is 79.9. The Morgan fingerprint density at radius 3 is 2.75 bits per heavy atom. The first-order valence-electron chi connectivity index (χ1n) is 4.54. The highest BCUT2D eigenvalue weighted by Gasteiger charge is 2.12. The fourth-order valence-corrected chi connectivity index (χ4v) is 1.67. The van der Waals surface area contributed by atoms with E-state index in [4.69, 9.17) is 0 Å². The number of aryl methyl sites for hydroxylation is 1. The molecule has 0 radical (unpaired) electrons. The van der Waals surface area contributed by atoms with Gasteiger partial charge in [-0.15, -0.1) is 0 Å². The van der Waals surface area contributed by atoms with Gasteiger partial charge in [0.2, 0.25) is 0 Å². The Kier molecular flexibility index (Phi) is 2.74. The molecule has 0 saturated carbocycles. The Labute approximate surface area is 100.0 Å². The van der Waals surface area contributed by atoms with Gasteiger partial charge in [0, 0.05) is 17.8 Å². The third kappa shape index (κ3) is 1.96. The number of nitro groups is 1. The quantitative estimate of drug-likeness (QED) is 0.628. The zero-order chi connectivity index (χ0) is 11.7. The molecule has 0 bridgehead atoms. The van der Waals surface area contributed by atoms with Crippen molar-refractivity contribution in [2.75, 3.05) is 0 Å². The molecule has 0 aliphatic rings. The summed E-state index contributed by atoms with van der Waals surface area (Å²) in [4.78, 5) is 10.4. The van der Waals surface area contributed by atoms with Gasteiger partial charge >= 0.3 is 0 Å². The van der Waals surface area contributed by atoms with Gasteiger partial charge in [-0.05, 0) is 35.0 Å². The molecule has 0 amide bonds. The van der Waals surface area contributed by atoms with Gasteiger partial charge in [-0.25, -0.2) is 4.68 Å². The van der Waals surface area contributed by atoms with E-state index in [2.05, 4.69) is 21.0 Å². The zero-order valence-corrected chi connectivity index (χ0v) is 10.0. The lowest BCUT2D eigenvalue weighted by Gasteiger charge is -2.02. The van der Waals surface area contributed by atoms with Crippen molar-refractivity contribution < 1.29 is 4.92 Å². The molecule has 0 unspecified atom stereocenters. The second-order valence-corrected chi connectivity index (χ2v) is 4.12. The van der Waals surface area contributed by atoms with E-state index in [0.29, 0.717) is 15.9 Å². The summed E-state index contributed by atoms with van der Waals surface area (Å²) in [5.74, 6) is 0. The van der Waals surface area contributed by atoms with Crippen LogP contribution in [0.4, 0.5) is 5.69 Å². The van der Waals surface area contributed by atoms with Crippen LogP contribution in [0.5, 0.6) is 0 Å². The maximum atomic E-state index is 10.8. The molecule has 1 aromatic carbocycles. The van der Waals surface area contributed by atoms with Gasteiger partial charge in [-0.1, -0.05) is 6.07 Å². The Morgan fingerprint density at radius 2 is 2.19 bits per heavy atom. The molecule has 2 rings (SSSR count). The summed E-state index contributed by atoms with van der Waals surface area (Å²) in [6.45, 7) is 1.71. The summed E-state index contributed by atoms with van der Waals surface area (Å²) >= 11 is 3.23. The number of hydrogen-bond donors (Lipinski definition) is 0. The summed E-state index contributed by atoms with van der Waals surface area (Å²) in [5.41, 5.74) is 1.41. The van der Waals surface area contributed by atoms with Crippen LogP contribution in [0.15, 0.2) is 35.1 Å².